The molecule has 1 spiro atoms. The topological polar surface area (TPSA) is 41.5 Å². The van der Waals surface area contributed by atoms with Crippen molar-refractivity contribution in [3.05, 3.63) is 29.8 Å². The van der Waals surface area contributed by atoms with E-state index in [2.05, 4.69) is 29.6 Å². The van der Waals surface area contributed by atoms with Crippen molar-refractivity contribution in [1.82, 2.24) is 5.32 Å². The van der Waals surface area contributed by atoms with Crippen LogP contribution >= 0.6 is 11.8 Å². The molecule has 3 nitrogen and oxygen atoms in total. The molecule has 1 saturated heterocycles. The van der Waals surface area contributed by atoms with E-state index in [0.717, 1.165) is 30.1 Å². The first-order chi connectivity index (χ1) is 10.7. The van der Waals surface area contributed by atoms with Crippen LogP contribution in [-0.2, 0) is 0 Å². The van der Waals surface area contributed by atoms with Crippen LogP contribution in [0.5, 0.6) is 5.75 Å². The lowest BCUT2D eigenvalue weighted by atomic mass is 9.85. The summed E-state index contributed by atoms with van der Waals surface area (Å²) in [4.78, 5) is 0. The normalized spacial score (nSPS) is 32.9. The van der Waals surface area contributed by atoms with Crippen LogP contribution in [0.1, 0.15) is 50.1 Å². The van der Waals surface area contributed by atoms with Gasteiger partial charge in [0.25, 0.3) is 0 Å². The third kappa shape index (κ3) is 2.77. The maximum Gasteiger partial charge on any atom is 0.124 e. The Labute approximate surface area is 136 Å². The third-order valence-corrected chi connectivity index (χ3v) is 6.71. The van der Waals surface area contributed by atoms with Crippen LogP contribution in [0.4, 0.5) is 0 Å². The zero-order valence-electron chi connectivity index (χ0n) is 13.0. The van der Waals surface area contributed by atoms with Crippen LogP contribution in [0.2, 0.25) is 0 Å². The molecule has 2 aliphatic heterocycles. The maximum atomic E-state index is 10.6. The Hall–Kier alpha value is -0.710. The van der Waals surface area contributed by atoms with Crippen molar-refractivity contribution in [2.24, 2.45) is 0 Å². The minimum Gasteiger partial charge on any atom is -0.487 e. The lowest BCUT2D eigenvalue weighted by Gasteiger charge is -2.41. The van der Waals surface area contributed by atoms with Crippen LogP contribution in [0.15, 0.2) is 24.3 Å². The molecule has 2 atom stereocenters. The van der Waals surface area contributed by atoms with Crippen molar-refractivity contribution < 1.29 is 9.84 Å². The van der Waals surface area contributed by atoms with Gasteiger partial charge in [0, 0.05) is 30.3 Å². The molecule has 2 N–H and O–H groups in total. The predicted octanol–water partition coefficient (Wildman–Crippen LogP) is 3.28. The summed E-state index contributed by atoms with van der Waals surface area (Å²) in [6, 6.07) is 8.72. The van der Waals surface area contributed by atoms with Gasteiger partial charge in [-0.1, -0.05) is 18.2 Å². The summed E-state index contributed by atoms with van der Waals surface area (Å²) >= 11 is 1.86. The molecule has 0 bridgehead atoms. The minimum atomic E-state index is -0.527. The molecule has 2 heterocycles. The van der Waals surface area contributed by atoms with Gasteiger partial charge in [0.2, 0.25) is 0 Å². The molecule has 4 heteroatoms. The van der Waals surface area contributed by atoms with E-state index < -0.39 is 5.60 Å². The first kappa shape index (κ1) is 14.9. The van der Waals surface area contributed by atoms with E-state index in [1.54, 1.807) is 0 Å². The van der Waals surface area contributed by atoms with Crippen molar-refractivity contribution in [3.8, 4) is 5.75 Å². The lowest BCUT2D eigenvalue weighted by Crippen LogP contribution is -2.47. The summed E-state index contributed by atoms with van der Waals surface area (Å²) in [5.74, 6) is 2.98. The van der Waals surface area contributed by atoms with Crippen LogP contribution in [-0.4, -0.2) is 34.4 Å². The Morgan fingerprint density at radius 1 is 1.23 bits per heavy atom. The number of ether oxygens (including phenoxy) is 1. The molecule has 1 aliphatic carbocycles. The van der Waals surface area contributed by atoms with Crippen LogP contribution in [0, 0.1) is 0 Å². The van der Waals surface area contributed by atoms with Crippen LogP contribution in [0.3, 0.4) is 0 Å². The number of nitrogens with one attached hydrogen (secondary N) is 1. The van der Waals surface area contributed by atoms with Crippen LogP contribution in [0.25, 0.3) is 0 Å². The minimum absolute atomic E-state index is 0.0269. The maximum absolute atomic E-state index is 10.6. The molecule has 0 radical (unpaired) electrons. The summed E-state index contributed by atoms with van der Waals surface area (Å²) in [5, 5.41) is 14.3. The van der Waals surface area contributed by atoms with Gasteiger partial charge in [0.05, 0.1) is 5.60 Å². The van der Waals surface area contributed by atoms with E-state index >= 15 is 0 Å². The summed E-state index contributed by atoms with van der Waals surface area (Å²) in [5.41, 5.74) is 0.758. The number of thioether (sulfide) groups is 1. The third-order valence-electron chi connectivity index (χ3n) is 5.47. The molecular weight excluding hydrogens is 294 g/mol. The standard InChI is InChI=1S/C18H25NO2S/c20-17(9-10-22-13-17)12-19-15-11-18(7-3-4-8-18)21-16-6-2-1-5-14(15)16/h1-2,5-6,15,19-20H,3-4,7-13H2. The molecule has 1 aromatic carbocycles. The number of benzene rings is 1. The summed E-state index contributed by atoms with van der Waals surface area (Å²) in [6.07, 6.45) is 6.82. The highest BCUT2D eigenvalue weighted by Crippen LogP contribution is 2.47. The molecule has 2 unspecified atom stereocenters. The first-order valence-corrected chi connectivity index (χ1v) is 9.65. The Kier molecular flexibility index (Phi) is 3.87. The van der Waals surface area contributed by atoms with E-state index in [1.165, 1.54) is 31.2 Å². The van der Waals surface area contributed by atoms with Gasteiger partial charge in [-0.25, -0.2) is 0 Å². The highest BCUT2D eigenvalue weighted by molar-refractivity contribution is 7.99. The largest absolute Gasteiger partial charge is 0.487 e. The fraction of sp³-hybridized carbons (Fsp3) is 0.667. The molecule has 1 saturated carbocycles. The smallest absolute Gasteiger partial charge is 0.124 e. The number of hydrogen-bond donors (Lipinski definition) is 2. The molecule has 22 heavy (non-hydrogen) atoms. The van der Waals surface area contributed by atoms with Gasteiger partial charge >= 0.3 is 0 Å². The molecule has 120 valence electrons. The lowest BCUT2D eigenvalue weighted by molar-refractivity contribution is 0.0249. The Morgan fingerprint density at radius 3 is 2.82 bits per heavy atom. The average molecular weight is 319 g/mol. The highest BCUT2D eigenvalue weighted by Gasteiger charge is 2.43. The van der Waals surface area contributed by atoms with Gasteiger partial charge < -0.3 is 15.2 Å². The van der Waals surface area contributed by atoms with Gasteiger partial charge in [0.1, 0.15) is 11.4 Å². The van der Waals surface area contributed by atoms with E-state index in [9.17, 15) is 5.11 Å². The molecule has 0 aromatic heterocycles. The van der Waals surface area contributed by atoms with Crippen molar-refractivity contribution in [2.75, 3.05) is 18.1 Å². The van der Waals surface area contributed by atoms with E-state index in [0.29, 0.717) is 12.6 Å². The van der Waals surface area contributed by atoms with Gasteiger partial charge in [-0.15, -0.1) is 0 Å². The molecule has 4 rings (SSSR count). The highest BCUT2D eigenvalue weighted by atomic mass is 32.2. The second-order valence-electron chi connectivity index (χ2n) is 7.19. The van der Waals surface area contributed by atoms with Crippen molar-refractivity contribution >= 4 is 11.8 Å². The summed E-state index contributed by atoms with van der Waals surface area (Å²) in [7, 11) is 0. The SMILES string of the molecule is OC1(CNC2CC3(CCCC3)Oc3ccccc32)CCSC1. The number of hydrogen-bond acceptors (Lipinski definition) is 4. The molecule has 2 fully saturated rings. The molecule has 1 aromatic rings. The van der Waals surface area contributed by atoms with E-state index in [4.69, 9.17) is 4.74 Å². The van der Waals surface area contributed by atoms with Crippen molar-refractivity contribution in [1.29, 1.82) is 0 Å². The van der Waals surface area contributed by atoms with Gasteiger partial charge in [0.15, 0.2) is 0 Å². The molecular formula is C18H25NO2S. The summed E-state index contributed by atoms with van der Waals surface area (Å²) < 4.78 is 6.40. The van der Waals surface area contributed by atoms with Gasteiger partial charge in [-0.05, 0) is 43.9 Å². The average Bonchev–Trinajstić information content (AvgIpc) is 3.15. The van der Waals surface area contributed by atoms with E-state index in [1.807, 2.05) is 11.8 Å². The van der Waals surface area contributed by atoms with Crippen LogP contribution < -0.4 is 10.1 Å². The number of para-hydroxylation sites is 1. The quantitative estimate of drug-likeness (QED) is 0.897. The number of aliphatic hydroxyl groups is 1. The van der Waals surface area contributed by atoms with Gasteiger partial charge in [-0.3, -0.25) is 0 Å². The number of rotatable bonds is 3. The second kappa shape index (κ2) is 5.73. The van der Waals surface area contributed by atoms with Gasteiger partial charge in [-0.2, -0.15) is 11.8 Å². The fourth-order valence-electron chi connectivity index (χ4n) is 4.17. The summed E-state index contributed by atoms with van der Waals surface area (Å²) in [6.45, 7) is 0.690. The van der Waals surface area contributed by atoms with Crippen molar-refractivity contribution in [3.63, 3.8) is 0 Å². The zero-order chi connectivity index (χ0) is 15.0. The van der Waals surface area contributed by atoms with E-state index in [-0.39, 0.29) is 5.60 Å². The zero-order valence-corrected chi connectivity index (χ0v) is 13.8. The number of fused-ring (bicyclic) bond motifs is 1. The Morgan fingerprint density at radius 2 is 2.05 bits per heavy atom. The molecule has 3 aliphatic rings. The Bertz CT molecular complexity index is 536. The van der Waals surface area contributed by atoms with Crippen molar-refractivity contribution in [2.45, 2.75) is 55.8 Å². The predicted molar refractivity (Wildman–Crippen MR) is 90.5 cm³/mol. The monoisotopic (exact) mass is 319 g/mol. The Balaban J connectivity index is 1.54. The second-order valence-corrected chi connectivity index (χ2v) is 8.30. The molecule has 0 amide bonds. The first-order valence-electron chi connectivity index (χ1n) is 8.50. The fourth-order valence-corrected chi connectivity index (χ4v) is 5.47.